The van der Waals surface area contributed by atoms with E-state index in [1.807, 2.05) is 21.9 Å². The van der Waals surface area contributed by atoms with Crippen LogP contribution in [0.5, 0.6) is 5.75 Å². The van der Waals surface area contributed by atoms with Crippen LogP contribution in [0.2, 0.25) is 0 Å². The number of hydrogen-bond acceptors (Lipinski definition) is 6. The molecule has 6 rings (SSSR count). The van der Waals surface area contributed by atoms with E-state index in [9.17, 15) is 23.1 Å². The highest BCUT2D eigenvalue weighted by molar-refractivity contribution is 5.85. The lowest BCUT2D eigenvalue weighted by molar-refractivity contribution is -0.143. The molecule has 11 heteroatoms. The summed E-state index contributed by atoms with van der Waals surface area (Å²) in [5.74, 6) is -0.778. The Morgan fingerprint density at radius 1 is 0.959 bits per heavy atom. The summed E-state index contributed by atoms with van der Waals surface area (Å²) in [6.07, 6.45) is 2.72. The molecule has 1 aliphatic carbocycles. The number of benzene rings is 2. The number of alkyl halides is 3. The lowest BCUT2D eigenvalue weighted by atomic mass is 9.74. The molecular weight excluding hydrogens is 635 g/mol. The van der Waals surface area contributed by atoms with Crippen molar-refractivity contribution in [2.24, 2.45) is 11.3 Å². The van der Waals surface area contributed by atoms with Gasteiger partial charge in [0.15, 0.2) is 0 Å². The van der Waals surface area contributed by atoms with Crippen LogP contribution in [0, 0.1) is 11.3 Å². The molecule has 1 amide bonds. The molecule has 0 bridgehead atoms. The van der Waals surface area contributed by atoms with Crippen LogP contribution in [0.1, 0.15) is 86.8 Å². The number of amides is 1. The first kappa shape index (κ1) is 35.5. The van der Waals surface area contributed by atoms with E-state index in [0.29, 0.717) is 63.8 Å². The van der Waals surface area contributed by atoms with Crippen LogP contribution in [0.15, 0.2) is 42.5 Å². The van der Waals surface area contributed by atoms with E-state index in [4.69, 9.17) is 9.47 Å². The number of piperidine rings is 1. The summed E-state index contributed by atoms with van der Waals surface area (Å²) in [5.41, 5.74) is 0.915. The van der Waals surface area contributed by atoms with E-state index in [-0.39, 0.29) is 23.8 Å². The van der Waals surface area contributed by atoms with Crippen molar-refractivity contribution in [2.75, 3.05) is 58.5 Å². The number of rotatable bonds is 9. The van der Waals surface area contributed by atoms with Crippen LogP contribution in [0.4, 0.5) is 18.9 Å². The minimum Gasteiger partial charge on any atom is -0.497 e. The van der Waals surface area contributed by atoms with Crippen molar-refractivity contribution in [1.82, 2.24) is 9.80 Å². The maximum atomic E-state index is 15.0. The number of carboxylic acids is 1. The fourth-order valence-corrected chi connectivity index (χ4v) is 9.06. The van der Waals surface area contributed by atoms with E-state index >= 15 is 4.79 Å². The molecule has 3 aliphatic heterocycles. The van der Waals surface area contributed by atoms with Crippen molar-refractivity contribution in [2.45, 2.75) is 88.4 Å². The highest BCUT2D eigenvalue weighted by atomic mass is 19.4. The smallest absolute Gasteiger partial charge is 0.416 e. The molecule has 4 fully saturated rings. The van der Waals surface area contributed by atoms with Crippen molar-refractivity contribution < 1.29 is 37.3 Å². The highest BCUT2D eigenvalue weighted by Crippen LogP contribution is 2.49. The molecule has 3 heterocycles. The second-order valence-electron chi connectivity index (χ2n) is 14.8. The van der Waals surface area contributed by atoms with E-state index in [1.165, 1.54) is 25.3 Å². The van der Waals surface area contributed by atoms with Crippen LogP contribution in [0.3, 0.4) is 0 Å². The predicted octanol–water partition coefficient (Wildman–Crippen LogP) is 6.78. The number of methoxy groups -OCH3 is 2. The summed E-state index contributed by atoms with van der Waals surface area (Å²) in [6, 6.07) is 12.2. The van der Waals surface area contributed by atoms with Crippen LogP contribution in [0.25, 0.3) is 0 Å². The Balaban J connectivity index is 1.31. The van der Waals surface area contributed by atoms with Gasteiger partial charge in [-0.25, -0.2) is 0 Å². The van der Waals surface area contributed by atoms with Gasteiger partial charge in [-0.3, -0.25) is 14.5 Å². The molecule has 0 aromatic heterocycles. The molecule has 0 unspecified atom stereocenters. The molecule has 1 N–H and O–H groups in total. The molecule has 0 radical (unpaired) electrons. The fourth-order valence-electron chi connectivity index (χ4n) is 9.06. The topological polar surface area (TPSA) is 82.5 Å². The largest absolute Gasteiger partial charge is 0.497 e. The Morgan fingerprint density at radius 2 is 1.65 bits per heavy atom. The van der Waals surface area contributed by atoms with Gasteiger partial charge in [0, 0.05) is 63.4 Å². The number of aliphatic carboxylic acids is 1. The number of anilines is 1. The van der Waals surface area contributed by atoms with E-state index < -0.39 is 29.0 Å². The van der Waals surface area contributed by atoms with E-state index in [2.05, 4.69) is 24.0 Å². The van der Waals surface area contributed by atoms with Crippen LogP contribution in [-0.4, -0.2) is 92.4 Å². The Bertz CT molecular complexity index is 1470. The summed E-state index contributed by atoms with van der Waals surface area (Å²) in [7, 11) is 3.26. The van der Waals surface area contributed by atoms with Gasteiger partial charge in [0.25, 0.3) is 0 Å². The molecule has 2 aromatic rings. The average Bonchev–Trinajstić information content (AvgIpc) is 3.69. The van der Waals surface area contributed by atoms with Crippen LogP contribution < -0.4 is 9.64 Å². The monoisotopic (exact) mass is 685 g/mol. The Hall–Kier alpha value is -3.31. The molecular formula is C38H50F3N3O5. The molecule has 8 nitrogen and oxygen atoms in total. The Labute approximate surface area is 287 Å². The third kappa shape index (κ3) is 7.29. The second kappa shape index (κ2) is 14.5. The first-order chi connectivity index (χ1) is 23.4. The SMILES string of the molecule is COC[C@@H]1C[C@@H](c2ccc(C(F)(F)F)cc2N2CCC(C(=O)O)CC2)CN1C(=O)[C@]1(C)CN(C2CCCCC2)C[C@H]1c1ccc(OC)cc1. The van der Waals surface area contributed by atoms with Crippen molar-refractivity contribution in [3.8, 4) is 5.75 Å². The lowest BCUT2D eigenvalue weighted by Gasteiger charge is -2.37. The number of hydrogen-bond donors (Lipinski definition) is 1. The summed E-state index contributed by atoms with van der Waals surface area (Å²) < 4.78 is 53.0. The van der Waals surface area contributed by atoms with Gasteiger partial charge in [-0.15, -0.1) is 0 Å². The second-order valence-corrected chi connectivity index (χ2v) is 14.8. The molecule has 1 saturated carbocycles. The molecule has 3 saturated heterocycles. The standard InChI is InChI=1S/C38H50F3N3O5/c1-37(24-43(29-7-5-4-6-8-29)22-33(37)25-9-12-31(49-3)13-10-25)36(47)44-21-27(19-30(44)23-48-2)32-14-11-28(38(39,40)41)20-34(32)42-17-15-26(16-18-42)35(45)46/h9-14,20,26-27,29-30,33H,4-8,15-19,21-24H2,1-3H3,(H,45,46)/t27-,30+,33+,37-/m1/s1. The first-order valence-electron chi connectivity index (χ1n) is 17.8. The zero-order valence-electron chi connectivity index (χ0n) is 28.9. The molecule has 49 heavy (non-hydrogen) atoms. The van der Waals surface area contributed by atoms with E-state index in [1.54, 1.807) is 20.3 Å². The van der Waals surface area contributed by atoms with Gasteiger partial charge >= 0.3 is 12.1 Å². The van der Waals surface area contributed by atoms with Crippen molar-refractivity contribution in [3.05, 3.63) is 59.2 Å². The number of carbonyl (C=O) groups is 2. The number of halogens is 3. The average molecular weight is 686 g/mol. The van der Waals surface area contributed by atoms with Gasteiger partial charge in [-0.05, 0) is 74.4 Å². The van der Waals surface area contributed by atoms with Gasteiger partial charge < -0.3 is 24.4 Å². The number of nitrogens with zero attached hydrogens (tertiary/aromatic N) is 3. The predicted molar refractivity (Wildman–Crippen MR) is 181 cm³/mol. The highest BCUT2D eigenvalue weighted by Gasteiger charge is 2.54. The Kier molecular flexibility index (Phi) is 10.5. The number of carboxylic acid groups (broad SMARTS) is 1. The minimum atomic E-state index is -4.51. The molecule has 2 aromatic carbocycles. The molecule has 4 atom stereocenters. The van der Waals surface area contributed by atoms with E-state index in [0.717, 1.165) is 42.3 Å². The number of carbonyl (C=O) groups excluding carboxylic acids is 1. The third-order valence-corrected chi connectivity index (χ3v) is 11.8. The van der Waals surface area contributed by atoms with Gasteiger partial charge in [-0.2, -0.15) is 13.2 Å². The number of likely N-dealkylation sites (tertiary alicyclic amines) is 2. The summed E-state index contributed by atoms with van der Waals surface area (Å²) in [5, 5.41) is 9.52. The van der Waals surface area contributed by atoms with Crippen molar-refractivity contribution >= 4 is 17.6 Å². The molecule has 268 valence electrons. The molecule has 4 aliphatic rings. The minimum absolute atomic E-state index is 0.0350. The summed E-state index contributed by atoms with van der Waals surface area (Å²) in [6.45, 7) is 4.98. The van der Waals surface area contributed by atoms with Crippen LogP contribution in [-0.2, 0) is 20.5 Å². The maximum Gasteiger partial charge on any atom is 0.416 e. The summed E-state index contributed by atoms with van der Waals surface area (Å²) in [4.78, 5) is 33.0. The van der Waals surface area contributed by atoms with Crippen molar-refractivity contribution in [3.63, 3.8) is 0 Å². The van der Waals surface area contributed by atoms with Gasteiger partial charge in [-0.1, -0.05) is 37.5 Å². The zero-order valence-corrected chi connectivity index (χ0v) is 28.9. The maximum absolute atomic E-state index is 15.0. The van der Waals surface area contributed by atoms with Gasteiger partial charge in [0.1, 0.15) is 5.75 Å². The fraction of sp³-hybridized carbons (Fsp3) is 0.632. The number of ether oxygens (including phenoxy) is 2. The summed E-state index contributed by atoms with van der Waals surface area (Å²) >= 11 is 0. The van der Waals surface area contributed by atoms with Gasteiger partial charge in [0.05, 0.1) is 36.7 Å². The van der Waals surface area contributed by atoms with Gasteiger partial charge in [0.2, 0.25) is 5.91 Å². The zero-order chi connectivity index (χ0) is 34.9. The lowest BCUT2D eigenvalue weighted by Crippen LogP contribution is -2.49. The van der Waals surface area contributed by atoms with Crippen LogP contribution >= 0.6 is 0 Å². The third-order valence-electron chi connectivity index (χ3n) is 11.8. The van der Waals surface area contributed by atoms with Crippen molar-refractivity contribution in [1.29, 1.82) is 0 Å². The quantitative estimate of drug-likeness (QED) is 0.312. The molecule has 0 spiro atoms. The normalized spacial score (nSPS) is 27.5. The first-order valence-corrected chi connectivity index (χ1v) is 17.8. The Morgan fingerprint density at radius 3 is 2.27 bits per heavy atom.